The minimum absolute atomic E-state index is 0.348. The summed E-state index contributed by atoms with van der Waals surface area (Å²) >= 11 is 6.19. The van der Waals surface area contributed by atoms with Gasteiger partial charge in [0.25, 0.3) is 0 Å². The van der Waals surface area contributed by atoms with Crippen LogP contribution in [0.25, 0.3) is 0 Å². The maximum atomic E-state index is 6.19. The number of methoxy groups -OCH3 is 1. The van der Waals surface area contributed by atoms with Crippen molar-refractivity contribution in [1.82, 2.24) is 5.32 Å². The van der Waals surface area contributed by atoms with Crippen LogP contribution in [-0.2, 0) is 6.42 Å². The van der Waals surface area contributed by atoms with Crippen LogP contribution in [0.1, 0.15) is 51.5 Å². The summed E-state index contributed by atoms with van der Waals surface area (Å²) in [7, 11) is 1.74. The lowest BCUT2D eigenvalue weighted by Gasteiger charge is -2.39. The van der Waals surface area contributed by atoms with E-state index in [-0.39, 0.29) is 0 Å². The van der Waals surface area contributed by atoms with E-state index in [1.54, 1.807) is 7.11 Å². The average molecular weight is 310 g/mol. The molecule has 21 heavy (non-hydrogen) atoms. The molecule has 0 radical (unpaired) electrons. The lowest BCUT2D eigenvalue weighted by molar-refractivity contribution is 0.175. The normalized spacial score (nSPS) is 18.0. The molecular formula is C18H28ClNO. The molecule has 1 N–H and O–H groups in total. The highest BCUT2D eigenvalue weighted by molar-refractivity contribution is 6.30. The van der Waals surface area contributed by atoms with Gasteiger partial charge in [0.15, 0.2) is 0 Å². The fourth-order valence-electron chi connectivity index (χ4n) is 3.43. The Morgan fingerprint density at radius 2 is 1.95 bits per heavy atom. The van der Waals surface area contributed by atoms with E-state index in [0.717, 1.165) is 23.7 Å². The summed E-state index contributed by atoms with van der Waals surface area (Å²) in [6.45, 7) is 5.52. The molecule has 1 aliphatic carbocycles. The van der Waals surface area contributed by atoms with Gasteiger partial charge in [-0.2, -0.15) is 0 Å². The Labute approximate surface area is 134 Å². The lowest BCUT2D eigenvalue weighted by Crippen LogP contribution is -2.40. The van der Waals surface area contributed by atoms with E-state index in [1.165, 1.54) is 37.7 Å². The third-order valence-corrected chi connectivity index (χ3v) is 4.84. The van der Waals surface area contributed by atoms with Crippen molar-refractivity contribution in [2.75, 3.05) is 13.7 Å². The predicted octanol–water partition coefficient (Wildman–Crippen LogP) is 4.84. The number of rotatable bonds is 6. The molecule has 0 heterocycles. The number of nitrogens with one attached hydrogen (secondary N) is 1. The summed E-state index contributed by atoms with van der Waals surface area (Å²) in [5, 5.41) is 4.45. The summed E-state index contributed by atoms with van der Waals surface area (Å²) in [5.41, 5.74) is 1.60. The second kappa shape index (κ2) is 7.51. The first kappa shape index (κ1) is 16.6. The smallest absolute Gasteiger partial charge is 0.122 e. The summed E-state index contributed by atoms with van der Waals surface area (Å²) in [6, 6.07) is 6.50. The molecule has 1 saturated carbocycles. The van der Waals surface area contributed by atoms with Gasteiger partial charge in [0.1, 0.15) is 5.75 Å². The highest BCUT2D eigenvalue weighted by atomic mass is 35.5. The molecule has 0 aliphatic heterocycles. The molecule has 0 atom stereocenters. The maximum absolute atomic E-state index is 6.19. The fourth-order valence-corrected chi connectivity index (χ4v) is 3.62. The molecule has 118 valence electrons. The molecule has 1 aliphatic rings. The number of hydrogen-bond acceptors (Lipinski definition) is 2. The first-order chi connectivity index (χ1) is 10.0. The SMILES string of the molecule is COc1ccc(Cl)cc1CC1(CNC(C)C)CCCCC1. The van der Waals surface area contributed by atoms with E-state index in [2.05, 4.69) is 25.2 Å². The molecule has 0 amide bonds. The van der Waals surface area contributed by atoms with Crippen molar-refractivity contribution >= 4 is 11.6 Å². The molecule has 2 nitrogen and oxygen atoms in total. The first-order valence-electron chi connectivity index (χ1n) is 8.10. The minimum atomic E-state index is 0.348. The van der Waals surface area contributed by atoms with Crippen molar-refractivity contribution in [2.45, 2.75) is 58.4 Å². The summed E-state index contributed by atoms with van der Waals surface area (Å²) in [6.07, 6.45) is 7.68. The predicted molar refractivity (Wildman–Crippen MR) is 90.4 cm³/mol. The van der Waals surface area contributed by atoms with Gasteiger partial charge in [0.2, 0.25) is 0 Å². The summed E-state index contributed by atoms with van der Waals surface area (Å²) in [4.78, 5) is 0. The van der Waals surface area contributed by atoms with Crippen LogP contribution in [0, 0.1) is 5.41 Å². The summed E-state index contributed by atoms with van der Waals surface area (Å²) < 4.78 is 5.53. The van der Waals surface area contributed by atoms with Crippen molar-refractivity contribution in [1.29, 1.82) is 0 Å². The van der Waals surface area contributed by atoms with Gasteiger partial charge >= 0.3 is 0 Å². The quantitative estimate of drug-likeness (QED) is 0.812. The molecule has 0 spiro atoms. The van der Waals surface area contributed by atoms with E-state index in [4.69, 9.17) is 16.3 Å². The van der Waals surface area contributed by atoms with Crippen LogP contribution in [0.5, 0.6) is 5.75 Å². The molecule has 0 bridgehead atoms. The van der Waals surface area contributed by atoms with Crippen molar-refractivity contribution in [3.63, 3.8) is 0 Å². The molecular weight excluding hydrogens is 282 g/mol. The average Bonchev–Trinajstić information content (AvgIpc) is 2.46. The Hall–Kier alpha value is -0.730. The molecule has 0 saturated heterocycles. The zero-order valence-corrected chi connectivity index (χ0v) is 14.3. The Morgan fingerprint density at radius 1 is 1.24 bits per heavy atom. The van der Waals surface area contributed by atoms with Crippen molar-refractivity contribution < 1.29 is 4.74 Å². The molecule has 2 rings (SSSR count). The Morgan fingerprint density at radius 3 is 2.57 bits per heavy atom. The number of ether oxygens (including phenoxy) is 1. The van der Waals surface area contributed by atoms with Crippen LogP contribution in [-0.4, -0.2) is 19.7 Å². The largest absolute Gasteiger partial charge is 0.496 e. The van der Waals surface area contributed by atoms with E-state index in [0.29, 0.717) is 11.5 Å². The van der Waals surface area contributed by atoms with Crippen molar-refractivity contribution in [2.24, 2.45) is 5.41 Å². The van der Waals surface area contributed by atoms with Gasteiger partial charge in [-0.25, -0.2) is 0 Å². The Kier molecular flexibility index (Phi) is 5.95. The van der Waals surface area contributed by atoms with E-state index < -0.39 is 0 Å². The van der Waals surface area contributed by atoms with E-state index >= 15 is 0 Å². The topological polar surface area (TPSA) is 21.3 Å². The van der Waals surface area contributed by atoms with Crippen LogP contribution in [0.2, 0.25) is 5.02 Å². The second-order valence-corrected chi connectivity index (χ2v) is 7.17. The molecule has 1 fully saturated rings. The minimum Gasteiger partial charge on any atom is -0.496 e. The van der Waals surface area contributed by atoms with Gasteiger partial charge in [-0.3, -0.25) is 0 Å². The number of halogens is 1. The third kappa shape index (κ3) is 4.62. The van der Waals surface area contributed by atoms with Gasteiger partial charge in [-0.1, -0.05) is 44.7 Å². The van der Waals surface area contributed by atoms with Gasteiger partial charge in [0.05, 0.1) is 7.11 Å². The van der Waals surface area contributed by atoms with E-state index in [1.807, 2.05) is 12.1 Å². The molecule has 1 aromatic rings. The van der Waals surface area contributed by atoms with Crippen molar-refractivity contribution in [3.05, 3.63) is 28.8 Å². The van der Waals surface area contributed by atoms with Crippen LogP contribution < -0.4 is 10.1 Å². The highest BCUT2D eigenvalue weighted by Crippen LogP contribution is 2.41. The summed E-state index contributed by atoms with van der Waals surface area (Å²) in [5.74, 6) is 0.967. The zero-order chi connectivity index (χ0) is 15.3. The Bertz CT molecular complexity index is 453. The first-order valence-corrected chi connectivity index (χ1v) is 8.48. The number of hydrogen-bond donors (Lipinski definition) is 1. The monoisotopic (exact) mass is 309 g/mol. The molecule has 1 aromatic carbocycles. The van der Waals surface area contributed by atoms with Gasteiger partial charge < -0.3 is 10.1 Å². The van der Waals surface area contributed by atoms with Crippen molar-refractivity contribution in [3.8, 4) is 5.75 Å². The fraction of sp³-hybridized carbons (Fsp3) is 0.667. The van der Waals surface area contributed by atoms with E-state index in [9.17, 15) is 0 Å². The third-order valence-electron chi connectivity index (χ3n) is 4.61. The molecule has 3 heteroatoms. The van der Waals surface area contributed by atoms with Crippen LogP contribution >= 0.6 is 11.6 Å². The van der Waals surface area contributed by atoms with Gasteiger partial charge in [0, 0.05) is 17.6 Å². The lowest BCUT2D eigenvalue weighted by atomic mass is 9.70. The molecule has 0 aromatic heterocycles. The maximum Gasteiger partial charge on any atom is 0.122 e. The van der Waals surface area contributed by atoms with Crippen LogP contribution in [0.3, 0.4) is 0 Å². The van der Waals surface area contributed by atoms with Crippen LogP contribution in [0.15, 0.2) is 18.2 Å². The standard InChI is InChI=1S/C18H28ClNO/c1-14(2)20-13-18(9-5-4-6-10-18)12-15-11-16(19)7-8-17(15)21-3/h7-8,11,14,20H,4-6,9-10,12-13H2,1-3H3. The zero-order valence-electron chi connectivity index (χ0n) is 13.5. The van der Waals surface area contributed by atoms with Crippen LogP contribution in [0.4, 0.5) is 0 Å². The van der Waals surface area contributed by atoms with Gasteiger partial charge in [-0.15, -0.1) is 0 Å². The van der Waals surface area contributed by atoms with Gasteiger partial charge in [-0.05, 0) is 48.4 Å². The Balaban J connectivity index is 2.19. The number of benzene rings is 1. The highest BCUT2D eigenvalue weighted by Gasteiger charge is 2.33. The second-order valence-electron chi connectivity index (χ2n) is 6.73. The molecule has 0 unspecified atom stereocenters.